The lowest BCUT2D eigenvalue weighted by Crippen LogP contribution is -2.42. The average Bonchev–Trinajstić information content (AvgIpc) is 2.65. The Morgan fingerprint density at radius 1 is 1.67 bits per heavy atom. The Hall–Kier alpha value is -0.220. The molecule has 0 aliphatic carbocycles. The smallest absolute Gasteiger partial charge is 0.224 e. The lowest BCUT2D eigenvalue weighted by atomic mass is 9.97. The van der Waals surface area contributed by atoms with Gasteiger partial charge in [0, 0.05) is 17.8 Å². The van der Waals surface area contributed by atoms with Crippen LogP contribution in [0.25, 0.3) is 0 Å². The van der Waals surface area contributed by atoms with E-state index < -0.39 is 0 Å². The zero-order valence-corrected chi connectivity index (χ0v) is 10.7. The second-order valence-corrected chi connectivity index (χ2v) is 5.14. The van der Waals surface area contributed by atoms with E-state index in [2.05, 4.69) is 30.7 Å². The maximum absolute atomic E-state index is 11.9. The van der Waals surface area contributed by atoms with E-state index in [-0.39, 0.29) is 17.9 Å². The zero-order valence-electron chi connectivity index (χ0n) is 9.88. The van der Waals surface area contributed by atoms with E-state index in [1.165, 1.54) is 0 Å². The summed E-state index contributed by atoms with van der Waals surface area (Å²) < 4.78 is 0. The summed E-state index contributed by atoms with van der Waals surface area (Å²) in [6, 6.07) is 0.664. The van der Waals surface area contributed by atoms with Gasteiger partial charge < -0.3 is 10.6 Å². The monoisotopic (exact) mass is 230 g/mol. The first-order chi connectivity index (χ1) is 7.19. The fourth-order valence-electron chi connectivity index (χ4n) is 2.15. The highest BCUT2D eigenvalue weighted by atomic mass is 32.2. The standard InChI is InChI=1S/C11H22N2OS/c1-4-10-9(5-6-12-10)11(14)13-8(2)7-15-3/h8-10,12H,4-7H2,1-3H3,(H,13,14). The zero-order chi connectivity index (χ0) is 11.3. The average molecular weight is 230 g/mol. The fourth-order valence-corrected chi connectivity index (χ4v) is 2.74. The minimum absolute atomic E-state index is 0.180. The molecule has 0 saturated carbocycles. The molecule has 0 aromatic rings. The van der Waals surface area contributed by atoms with Crippen molar-refractivity contribution in [3.05, 3.63) is 0 Å². The van der Waals surface area contributed by atoms with Crippen LogP contribution in [0.15, 0.2) is 0 Å². The van der Waals surface area contributed by atoms with E-state index >= 15 is 0 Å². The summed E-state index contributed by atoms with van der Waals surface area (Å²) in [4.78, 5) is 11.9. The third-order valence-corrected chi connectivity index (χ3v) is 3.76. The third kappa shape index (κ3) is 3.68. The summed E-state index contributed by atoms with van der Waals surface area (Å²) in [6.07, 6.45) is 4.08. The molecule has 1 amide bonds. The molecule has 1 saturated heterocycles. The summed E-state index contributed by atoms with van der Waals surface area (Å²) in [5.41, 5.74) is 0. The molecule has 1 rings (SSSR count). The van der Waals surface area contributed by atoms with Crippen LogP contribution in [0, 0.1) is 5.92 Å². The Balaban J connectivity index is 2.38. The molecule has 0 aromatic carbocycles. The van der Waals surface area contributed by atoms with Gasteiger partial charge in [-0.3, -0.25) is 4.79 Å². The van der Waals surface area contributed by atoms with Crippen LogP contribution in [0.5, 0.6) is 0 Å². The van der Waals surface area contributed by atoms with Gasteiger partial charge in [0.05, 0.1) is 5.92 Å². The lowest BCUT2D eigenvalue weighted by molar-refractivity contribution is -0.125. The molecule has 4 heteroatoms. The number of nitrogens with one attached hydrogen (secondary N) is 2. The quantitative estimate of drug-likeness (QED) is 0.747. The Labute approximate surface area is 96.8 Å². The summed E-state index contributed by atoms with van der Waals surface area (Å²) in [7, 11) is 0. The summed E-state index contributed by atoms with van der Waals surface area (Å²) >= 11 is 1.77. The number of carbonyl (C=O) groups is 1. The predicted molar refractivity (Wildman–Crippen MR) is 66.2 cm³/mol. The van der Waals surface area contributed by atoms with Crippen molar-refractivity contribution in [3.8, 4) is 0 Å². The van der Waals surface area contributed by atoms with Gasteiger partial charge in [-0.15, -0.1) is 0 Å². The number of hydrogen-bond donors (Lipinski definition) is 2. The molecular formula is C11H22N2OS. The molecule has 1 aliphatic heterocycles. The molecule has 0 bridgehead atoms. The van der Waals surface area contributed by atoms with Crippen LogP contribution in [0.4, 0.5) is 0 Å². The molecule has 3 unspecified atom stereocenters. The van der Waals surface area contributed by atoms with Gasteiger partial charge >= 0.3 is 0 Å². The minimum atomic E-state index is 0.180. The molecule has 0 spiro atoms. The molecule has 1 heterocycles. The number of carbonyl (C=O) groups excluding carboxylic acids is 1. The molecule has 3 atom stereocenters. The van der Waals surface area contributed by atoms with E-state index in [9.17, 15) is 4.79 Å². The van der Waals surface area contributed by atoms with Crippen molar-refractivity contribution in [2.45, 2.75) is 38.8 Å². The summed E-state index contributed by atoms with van der Waals surface area (Å²) in [6.45, 7) is 5.18. The molecule has 1 fully saturated rings. The van der Waals surface area contributed by atoms with E-state index in [0.717, 1.165) is 25.1 Å². The van der Waals surface area contributed by atoms with Crippen LogP contribution in [-0.4, -0.2) is 36.5 Å². The number of thioether (sulfide) groups is 1. The van der Waals surface area contributed by atoms with Crippen molar-refractivity contribution < 1.29 is 4.79 Å². The maximum atomic E-state index is 11.9. The van der Waals surface area contributed by atoms with Crippen LogP contribution in [-0.2, 0) is 4.79 Å². The largest absolute Gasteiger partial charge is 0.353 e. The van der Waals surface area contributed by atoms with Gasteiger partial charge in [-0.25, -0.2) is 0 Å². The highest BCUT2D eigenvalue weighted by Crippen LogP contribution is 2.18. The first-order valence-corrected chi connectivity index (χ1v) is 7.11. The van der Waals surface area contributed by atoms with Crippen molar-refractivity contribution in [1.82, 2.24) is 10.6 Å². The van der Waals surface area contributed by atoms with Crippen molar-refractivity contribution in [2.24, 2.45) is 5.92 Å². The summed E-state index contributed by atoms with van der Waals surface area (Å²) in [5, 5.41) is 6.46. The van der Waals surface area contributed by atoms with E-state index in [1.54, 1.807) is 11.8 Å². The fraction of sp³-hybridized carbons (Fsp3) is 0.909. The second-order valence-electron chi connectivity index (χ2n) is 4.23. The third-order valence-electron chi connectivity index (χ3n) is 2.93. The van der Waals surface area contributed by atoms with Gasteiger partial charge in [0.25, 0.3) is 0 Å². The molecule has 2 N–H and O–H groups in total. The molecule has 0 aromatic heterocycles. The van der Waals surface area contributed by atoms with Crippen LogP contribution >= 0.6 is 11.8 Å². The van der Waals surface area contributed by atoms with Crippen molar-refractivity contribution in [2.75, 3.05) is 18.6 Å². The molecule has 0 radical (unpaired) electrons. The highest BCUT2D eigenvalue weighted by Gasteiger charge is 2.31. The number of amides is 1. The first-order valence-electron chi connectivity index (χ1n) is 5.71. The molecule has 3 nitrogen and oxygen atoms in total. The van der Waals surface area contributed by atoms with E-state index in [0.29, 0.717) is 6.04 Å². The first kappa shape index (κ1) is 12.8. The SMILES string of the molecule is CCC1NCCC1C(=O)NC(C)CSC. The normalized spacial score (nSPS) is 27.7. The maximum Gasteiger partial charge on any atom is 0.224 e. The van der Waals surface area contributed by atoms with Crippen LogP contribution in [0.1, 0.15) is 26.7 Å². The van der Waals surface area contributed by atoms with Crippen LogP contribution < -0.4 is 10.6 Å². The summed E-state index contributed by atoms with van der Waals surface area (Å²) in [5.74, 6) is 1.40. The molecule has 88 valence electrons. The highest BCUT2D eigenvalue weighted by molar-refractivity contribution is 7.98. The van der Waals surface area contributed by atoms with Gasteiger partial charge in [-0.2, -0.15) is 11.8 Å². The molecule has 1 aliphatic rings. The Morgan fingerprint density at radius 3 is 3.00 bits per heavy atom. The Kier molecular flexibility index (Phi) is 5.47. The topological polar surface area (TPSA) is 41.1 Å². The number of rotatable bonds is 5. The van der Waals surface area contributed by atoms with Gasteiger partial charge in [-0.05, 0) is 32.6 Å². The van der Waals surface area contributed by atoms with Crippen LogP contribution in [0.3, 0.4) is 0 Å². The van der Waals surface area contributed by atoms with Gasteiger partial charge in [0.15, 0.2) is 0 Å². The van der Waals surface area contributed by atoms with Crippen LogP contribution in [0.2, 0.25) is 0 Å². The lowest BCUT2D eigenvalue weighted by Gasteiger charge is -2.20. The Bertz CT molecular complexity index is 211. The predicted octanol–water partition coefficient (Wildman–Crippen LogP) is 1.24. The second kappa shape index (κ2) is 6.38. The van der Waals surface area contributed by atoms with Gasteiger partial charge in [0.2, 0.25) is 5.91 Å². The van der Waals surface area contributed by atoms with E-state index in [4.69, 9.17) is 0 Å². The molecular weight excluding hydrogens is 208 g/mol. The Morgan fingerprint density at radius 2 is 2.40 bits per heavy atom. The van der Waals surface area contributed by atoms with Gasteiger partial charge in [0.1, 0.15) is 0 Å². The minimum Gasteiger partial charge on any atom is -0.353 e. The van der Waals surface area contributed by atoms with Crippen molar-refractivity contribution in [1.29, 1.82) is 0 Å². The van der Waals surface area contributed by atoms with Crippen molar-refractivity contribution in [3.63, 3.8) is 0 Å². The van der Waals surface area contributed by atoms with Gasteiger partial charge in [-0.1, -0.05) is 6.92 Å². The number of hydrogen-bond acceptors (Lipinski definition) is 3. The van der Waals surface area contributed by atoms with E-state index in [1.807, 2.05) is 0 Å². The van der Waals surface area contributed by atoms with Crippen molar-refractivity contribution >= 4 is 17.7 Å². The molecule has 15 heavy (non-hydrogen) atoms.